The average molecular weight is 643 g/mol. The number of ether oxygens (including phenoxy) is 2. The van der Waals surface area contributed by atoms with Crippen molar-refractivity contribution >= 4 is 44.8 Å². The van der Waals surface area contributed by atoms with Gasteiger partial charge in [0.2, 0.25) is 0 Å². The van der Waals surface area contributed by atoms with E-state index in [1.54, 1.807) is 31.4 Å². The molecule has 3 aliphatic rings. The number of halogens is 3. The normalized spacial score (nSPS) is 28.4. The lowest BCUT2D eigenvalue weighted by Gasteiger charge is -2.48. The maximum Gasteiger partial charge on any atom is 0.151 e. The molecule has 2 aromatic heterocycles. The van der Waals surface area contributed by atoms with E-state index in [1.807, 2.05) is 6.07 Å². The summed E-state index contributed by atoms with van der Waals surface area (Å²) in [7, 11) is 1.66. The van der Waals surface area contributed by atoms with E-state index in [0.717, 1.165) is 30.6 Å². The van der Waals surface area contributed by atoms with Gasteiger partial charge in [-0.05, 0) is 74.1 Å². The highest BCUT2D eigenvalue weighted by Gasteiger charge is 2.63. The van der Waals surface area contributed by atoms with Gasteiger partial charge in [-0.2, -0.15) is 5.26 Å². The van der Waals surface area contributed by atoms with E-state index in [4.69, 9.17) is 37.2 Å². The van der Waals surface area contributed by atoms with Gasteiger partial charge in [-0.3, -0.25) is 0 Å². The summed E-state index contributed by atoms with van der Waals surface area (Å²) in [6, 6.07) is 10.2. The van der Waals surface area contributed by atoms with Crippen molar-refractivity contribution in [3.63, 3.8) is 0 Å². The van der Waals surface area contributed by atoms with E-state index in [0.29, 0.717) is 50.5 Å². The molecule has 2 heterocycles. The number of nitrogens with zero attached hydrogens (tertiary/aromatic N) is 3. The van der Waals surface area contributed by atoms with Crippen molar-refractivity contribution in [2.75, 3.05) is 13.7 Å². The Morgan fingerprint density at radius 3 is 2.67 bits per heavy atom. The SMILES string of the molecule is COCC1(OCc2c(-c3c(Cl)cccc3Cl)noc2C2CC2)C[C@H]2C[C@H](C)[C@@H](C1)[C@]2(O)c1nc2c(F)cc(C#N)cc2s1. The van der Waals surface area contributed by atoms with Gasteiger partial charge in [-0.1, -0.05) is 41.3 Å². The summed E-state index contributed by atoms with van der Waals surface area (Å²) in [5, 5.41) is 27.6. The van der Waals surface area contributed by atoms with Crippen molar-refractivity contribution in [1.29, 1.82) is 5.26 Å². The lowest BCUT2D eigenvalue weighted by atomic mass is 9.67. The van der Waals surface area contributed by atoms with Gasteiger partial charge in [0.25, 0.3) is 0 Å². The second kappa shape index (κ2) is 10.8. The Labute approximate surface area is 262 Å². The minimum Gasteiger partial charge on any atom is -0.382 e. The lowest BCUT2D eigenvalue weighted by Crippen LogP contribution is -2.53. The number of hydrogen-bond acceptors (Lipinski definition) is 8. The third kappa shape index (κ3) is 4.78. The van der Waals surface area contributed by atoms with Gasteiger partial charge >= 0.3 is 0 Å². The van der Waals surface area contributed by atoms with Crippen molar-refractivity contribution in [1.82, 2.24) is 10.1 Å². The molecule has 0 amide bonds. The summed E-state index contributed by atoms with van der Waals surface area (Å²) >= 11 is 14.4. The van der Waals surface area contributed by atoms with Crippen LogP contribution >= 0.6 is 34.5 Å². The number of aliphatic hydroxyl groups is 1. The number of thiazole rings is 1. The molecule has 1 unspecified atom stereocenters. The standard InChI is InChI=1S/C32H30Cl2FN3O4S/c1-16-8-19-11-31(15-40-2,12-21(16)32(19,39)30-37-28-24(35)9-17(13-36)10-25(28)43-30)41-14-20-27(38-42-29(20)18-6-7-18)26-22(33)4-3-5-23(26)34/h3-5,9-10,16,18-19,21,39H,6-8,11-12,14-15H2,1-2H3/t16-,19+,21+,31?,32-/m0/s1. The molecular weight excluding hydrogens is 612 g/mol. The summed E-state index contributed by atoms with van der Waals surface area (Å²) in [6.45, 7) is 2.71. The van der Waals surface area contributed by atoms with Crippen LogP contribution in [0, 0.1) is 34.9 Å². The smallest absolute Gasteiger partial charge is 0.151 e. The first kappa shape index (κ1) is 29.1. The Morgan fingerprint density at radius 2 is 2.00 bits per heavy atom. The minimum absolute atomic E-state index is 0.180. The highest BCUT2D eigenvalue weighted by atomic mass is 35.5. The first-order chi connectivity index (χ1) is 20.7. The van der Waals surface area contributed by atoms with Gasteiger partial charge in [-0.15, -0.1) is 11.3 Å². The Morgan fingerprint density at radius 1 is 1.23 bits per heavy atom. The molecule has 7 nitrogen and oxygen atoms in total. The number of aromatic nitrogens is 2. The number of rotatable bonds is 8. The summed E-state index contributed by atoms with van der Waals surface area (Å²) < 4.78 is 33.8. The van der Waals surface area contributed by atoms with E-state index in [-0.39, 0.29) is 41.4 Å². The van der Waals surface area contributed by atoms with Crippen LogP contribution < -0.4 is 0 Å². The molecule has 2 aromatic carbocycles. The molecule has 0 spiro atoms. The maximum absolute atomic E-state index is 14.8. The Kier molecular flexibility index (Phi) is 7.32. The molecule has 0 aliphatic heterocycles. The zero-order valence-corrected chi connectivity index (χ0v) is 26.0. The molecule has 3 aliphatic carbocycles. The van der Waals surface area contributed by atoms with Crippen LogP contribution in [-0.2, 0) is 21.7 Å². The molecule has 0 radical (unpaired) electrons. The predicted octanol–water partition coefficient (Wildman–Crippen LogP) is 8.00. The quantitative estimate of drug-likeness (QED) is 0.208. The van der Waals surface area contributed by atoms with Crippen LogP contribution in [-0.4, -0.2) is 34.6 Å². The molecule has 43 heavy (non-hydrogen) atoms. The van der Waals surface area contributed by atoms with Crippen LogP contribution in [0.15, 0.2) is 34.9 Å². The van der Waals surface area contributed by atoms with Crippen LogP contribution in [0.1, 0.15) is 66.8 Å². The van der Waals surface area contributed by atoms with Gasteiger partial charge in [0.1, 0.15) is 27.6 Å². The number of benzene rings is 2. The predicted molar refractivity (Wildman–Crippen MR) is 162 cm³/mol. The van der Waals surface area contributed by atoms with Crippen molar-refractivity contribution < 1.29 is 23.5 Å². The Bertz CT molecular complexity index is 1750. The van der Waals surface area contributed by atoms with E-state index >= 15 is 0 Å². The highest BCUT2D eigenvalue weighted by molar-refractivity contribution is 7.18. The molecule has 224 valence electrons. The Hall–Kier alpha value is -2.58. The van der Waals surface area contributed by atoms with Gasteiger partial charge in [0.15, 0.2) is 5.82 Å². The van der Waals surface area contributed by atoms with Crippen LogP contribution in [0.3, 0.4) is 0 Å². The van der Waals surface area contributed by atoms with Crippen LogP contribution in [0.25, 0.3) is 21.5 Å². The molecule has 5 atom stereocenters. The topological polar surface area (TPSA) is 101 Å². The van der Waals surface area contributed by atoms with Crippen LogP contribution in [0.5, 0.6) is 0 Å². The first-order valence-electron chi connectivity index (χ1n) is 14.5. The fraction of sp³-hybridized carbons (Fsp3) is 0.469. The minimum atomic E-state index is -1.24. The molecule has 7 rings (SSSR count). The molecule has 0 saturated heterocycles. The second-order valence-electron chi connectivity index (χ2n) is 12.3. The summed E-state index contributed by atoms with van der Waals surface area (Å²) in [6.07, 6.45) is 3.89. The zero-order valence-electron chi connectivity index (χ0n) is 23.7. The van der Waals surface area contributed by atoms with Crippen molar-refractivity contribution in [2.24, 2.45) is 17.8 Å². The van der Waals surface area contributed by atoms with Crippen LogP contribution in [0.2, 0.25) is 10.0 Å². The second-order valence-corrected chi connectivity index (χ2v) is 14.2. The van der Waals surface area contributed by atoms with Crippen molar-refractivity contribution in [3.05, 3.63) is 68.1 Å². The number of methoxy groups -OCH3 is 1. The average Bonchev–Trinajstić information content (AvgIpc) is 3.55. The largest absolute Gasteiger partial charge is 0.382 e. The molecule has 11 heteroatoms. The van der Waals surface area contributed by atoms with Gasteiger partial charge < -0.3 is 19.1 Å². The van der Waals surface area contributed by atoms with E-state index in [2.05, 4.69) is 17.1 Å². The van der Waals surface area contributed by atoms with E-state index in [1.165, 1.54) is 17.4 Å². The molecular formula is C32H30Cl2FN3O4S. The third-order valence-electron chi connectivity index (χ3n) is 9.56. The molecule has 1 N–H and O–H groups in total. The molecule has 3 saturated carbocycles. The first-order valence-corrected chi connectivity index (χ1v) is 16.0. The maximum atomic E-state index is 14.8. The fourth-order valence-corrected chi connectivity index (χ4v) is 9.26. The monoisotopic (exact) mass is 641 g/mol. The fourth-order valence-electron chi connectivity index (χ4n) is 7.43. The summed E-state index contributed by atoms with van der Waals surface area (Å²) in [5.41, 5.74) is 0.541. The van der Waals surface area contributed by atoms with Gasteiger partial charge in [0.05, 0.1) is 45.2 Å². The van der Waals surface area contributed by atoms with E-state index in [9.17, 15) is 14.8 Å². The summed E-state index contributed by atoms with van der Waals surface area (Å²) in [5.74, 6) is 0.340. The van der Waals surface area contributed by atoms with Crippen molar-refractivity contribution in [3.8, 4) is 17.3 Å². The third-order valence-corrected chi connectivity index (χ3v) is 11.3. The molecule has 4 aromatic rings. The van der Waals surface area contributed by atoms with Crippen molar-refractivity contribution in [2.45, 2.75) is 62.8 Å². The Balaban J connectivity index is 1.22. The highest BCUT2D eigenvalue weighted by Crippen LogP contribution is 2.62. The number of hydrogen-bond donors (Lipinski definition) is 1. The number of nitriles is 1. The summed E-state index contributed by atoms with van der Waals surface area (Å²) in [4.78, 5) is 4.60. The van der Waals surface area contributed by atoms with Gasteiger partial charge in [-0.25, -0.2) is 9.37 Å². The van der Waals surface area contributed by atoms with E-state index < -0.39 is 17.0 Å². The number of fused-ring (bicyclic) bond motifs is 3. The lowest BCUT2D eigenvalue weighted by molar-refractivity contribution is -0.186. The molecule has 3 fully saturated rings. The van der Waals surface area contributed by atoms with Gasteiger partial charge in [0, 0.05) is 24.2 Å². The molecule has 2 bridgehead atoms. The van der Waals surface area contributed by atoms with Crippen LogP contribution in [0.4, 0.5) is 4.39 Å². The zero-order chi connectivity index (χ0) is 30.1.